The number of carboxylic acids is 1. The average molecular weight is 318 g/mol. The minimum atomic E-state index is -1.39. The Morgan fingerprint density at radius 1 is 1.60 bits per heavy atom. The number of methoxy groups -OCH3 is 1. The van der Waals surface area contributed by atoms with Gasteiger partial charge in [0.15, 0.2) is 0 Å². The summed E-state index contributed by atoms with van der Waals surface area (Å²) in [6.07, 6.45) is -0.508. The second kappa shape index (κ2) is 5.91. The molecule has 1 aliphatic heterocycles. The number of ether oxygens (including phenoxy) is 1. The van der Waals surface area contributed by atoms with Crippen molar-refractivity contribution in [2.75, 3.05) is 13.7 Å². The molecule has 0 aromatic heterocycles. The summed E-state index contributed by atoms with van der Waals surface area (Å²) >= 11 is 10.2. The molecule has 1 saturated heterocycles. The highest BCUT2D eigenvalue weighted by molar-refractivity contribution is 7.81. The van der Waals surface area contributed by atoms with Gasteiger partial charge in [-0.25, -0.2) is 0 Å². The summed E-state index contributed by atoms with van der Waals surface area (Å²) in [4.78, 5) is 11.8. The highest BCUT2D eigenvalue weighted by Crippen LogP contribution is 2.39. The monoisotopic (exact) mass is 317 g/mol. The molecule has 0 radical (unpaired) electrons. The van der Waals surface area contributed by atoms with Crippen LogP contribution in [0.4, 0.5) is 0 Å². The Kier molecular flexibility index (Phi) is 4.61. The fourth-order valence-electron chi connectivity index (χ4n) is 2.54. The Morgan fingerprint density at radius 3 is 2.80 bits per heavy atom. The van der Waals surface area contributed by atoms with E-state index in [0.29, 0.717) is 23.6 Å². The molecule has 0 bridgehead atoms. The van der Waals surface area contributed by atoms with E-state index >= 15 is 0 Å². The van der Waals surface area contributed by atoms with E-state index in [1.807, 2.05) is 0 Å². The molecule has 2 N–H and O–H groups in total. The molecule has 1 aromatic carbocycles. The van der Waals surface area contributed by atoms with Crippen LogP contribution in [0.2, 0.25) is 5.02 Å². The minimum Gasteiger partial charge on any atom is -0.480 e. The molecule has 5 nitrogen and oxygen atoms in total. The zero-order valence-corrected chi connectivity index (χ0v) is 12.5. The highest BCUT2D eigenvalue weighted by atomic mass is 35.5. The highest BCUT2D eigenvalue weighted by Gasteiger charge is 2.49. The third-order valence-electron chi connectivity index (χ3n) is 3.42. The van der Waals surface area contributed by atoms with Crippen molar-refractivity contribution >= 4 is 30.2 Å². The number of carbonyl (C=O) groups is 1. The van der Waals surface area contributed by atoms with Crippen LogP contribution in [0.5, 0.6) is 0 Å². The molecule has 3 atom stereocenters. The molecule has 20 heavy (non-hydrogen) atoms. The fraction of sp³-hybridized carbons (Fsp3) is 0.462. The lowest BCUT2D eigenvalue weighted by molar-refractivity contribution is -0.152. The number of aliphatic hydroxyl groups is 1. The second-order valence-corrected chi connectivity index (χ2v) is 5.90. The number of likely N-dealkylation sites (tertiary alicyclic amines) is 1. The van der Waals surface area contributed by atoms with Gasteiger partial charge in [-0.3, -0.25) is 9.69 Å². The van der Waals surface area contributed by atoms with Crippen LogP contribution in [0, 0.1) is 0 Å². The van der Waals surface area contributed by atoms with Gasteiger partial charge in [0.1, 0.15) is 17.2 Å². The van der Waals surface area contributed by atoms with E-state index in [9.17, 15) is 15.0 Å². The summed E-state index contributed by atoms with van der Waals surface area (Å²) in [7, 11) is 1.41. The molecule has 1 heterocycles. The Morgan fingerprint density at radius 2 is 2.25 bits per heavy atom. The number of hydrogen-bond acceptors (Lipinski definition) is 5. The molecule has 0 aliphatic carbocycles. The number of aliphatic carboxylic acids is 1. The number of benzene rings is 1. The number of thiol groups is 1. The van der Waals surface area contributed by atoms with Crippen molar-refractivity contribution in [1.29, 1.82) is 0 Å². The van der Waals surface area contributed by atoms with Crippen LogP contribution < -0.4 is 0 Å². The van der Waals surface area contributed by atoms with Gasteiger partial charge in [-0.2, -0.15) is 0 Å². The van der Waals surface area contributed by atoms with Gasteiger partial charge in [0.05, 0.1) is 0 Å². The van der Waals surface area contributed by atoms with Gasteiger partial charge in [-0.1, -0.05) is 29.8 Å². The normalized spacial score (nSPS) is 28.5. The maximum atomic E-state index is 11.6. The van der Waals surface area contributed by atoms with Crippen LogP contribution in [0.15, 0.2) is 24.3 Å². The van der Waals surface area contributed by atoms with E-state index in [-0.39, 0.29) is 0 Å². The van der Waals surface area contributed by atoms with Gasteiger partial charge in [0, 0.05) is 25.1 Å². The van der Waals surface area contributed by atoms with Gasteiger partial charge < -0.3 is 14.9 Å². The topological polar surface area (TPSA) is 70.0 Å². The van der Waals surface area contributed by atoms with Gasteiger partial charge in [0.25, 0.3) is 0 Å². The largest absolute Gasteiger partial charge is 0.480 e. The van der Waals surface area contributed by atoms with Crippen molar-refractivity contribution in [2.45, 2.75) is 23.6 Å². The zero-order chi connectivity index (χ0) is 14.9. The van der Waals surface area contributed by atoms with Crippen LogP contribution in [0.3, 0.4) is 0 Å². The summed E-state index contributed by atoms with van der Waals surface area (Å²) in [5.41, 5.74) is 0.467. The number of hydrogen-bond donors (Lipinski definition) is 3. The van der Waals surface area contributed by atoms with Crippen molar-refractivity contribution in [3.63, 3.8) is 0 Å². The lowest BCUT2D eigenvalue weighted by Gasteiger charge is -2.33. The van der Waals surface area contributed by atoms with E-state index in [1.165, 1.54) is 7.11 Å². The molecule has 110 valence electrons. The van der Waals surface area contributed by atoms with Crippen molar-refractivity contribution < 1.29 is 19.7 Å². The predicted octanol–water partition coefficient (Wildman–Crippen LogP) is 1.76. The quantitative estimate of drug-likeness (QED) is 0.583. The standard InChI is InChI=1S/C13H16ClNO4S/c1-19-12-13(18,20)6-7-15(12)10(11(16)17)8-4-2-3-5-9(8)14/h2-5,10,12,18,20H,6-7H2,1H3,(H,16,17). The third kappa shape index (κ3) is 2.80. The van der Waals surface area contributed by atoms with Gasteiger partial charge in [-0.15, -0.1) is 12.6 Å². The summed E-state index contributed by atoms with van der Waals surface area (Å²) in [6, 6.07) is 5.76. The molecule has 0 amide bonds. The first-order valence-corrected chi connectivity index (χ1v) is 6.91. The molecule has 0 spiro atoms. The van der Waals surface area contributed by atoms with Crippen LogP contribution in [0.25, 0.3) is 0 Å². The predicted molar refractivity (Wildman–Crippen MR) is 77.9 cm³/mol. The van der Waals surface area contributed by atoms with Crippen molar-refractivity contribution in [2.24, 2.45) is 0 Å². The third-order valence-corrected chi connectivity index (χ3v) is 4.21. The molecule has 3 unspecified atom stereocenters. The lowest BCUT2D eigenvalue weighted by atomic mass is 10.1. The first-order chi connectivity index (χ1) is 9.38. The maximum Gasteiger partial charge on any atom is 0.325 e. The first-order valence-electron chi connectivity index (χ1n) is 6.09. The van der Waals surface area contributed by atoms with E-state index in [2.05, 4.69) is 12.6 Å². The van der Waals surface area contributed by atoms with Gasteiger partial charge in [-0.05, 0) is 11.6 Å². The minimum absolute atomic E-state index is 0.308. The summed E-state index contributed by atoms with van der Waals surface area (Å²) in [5, 5.41) is 20.0. The van der Waals surface area contributed by atoms with Crippen molar-refractivity contribution in [3.05, 3.63) is 34.9 Å². The van der Waals surface area contributed by atoms with Crippen LogP contribution in [-0.4, -0.2) is 45.9 Å². The number of nitrogens with zero attached hydrogens (tertiary/aromatic N) is 1. The fourth-order valence-corrected chi connectivity index (χ4v) is 3.13. The van der Waals surface area contributed by atoms with E-state index in [0.717, 1.165) is 0 Å². The van der Waals surface area contributed by atoms with Gasteiger partial charge >= 0.3 is 5.97 Å². The van der Waals surface area contributed by atoms with Crippen molar-refractivity contribution in [3.8, 4) is 0 Å². The molecule has 2 rings (SSSR count). The Bertz CT molecular complexity index is 511. The molecule has 0 saturated carbocycles. The smallest absolute Gasteiger partial charge is 0.325 e. The molecule has 1 aliphatic rings. The number of rotatable bonds is 4. The Labute approximate surface area is 127 Å². The maximum absolute atomic E-state index is 11.6. The van der Waals surface area contributed by atoms with Crippen LogP contribution in [-0.2, 0) is 9.53 Å². The first kappa shape index (κ1) is 15.6. The second-order valence-electron chi connectivity index (χ2n) is 4.72. The molecular weight excluding hydrogens is 302 g/mol. The van der Waals surface area contributed by atoms with Crippen LogP contribution >= 0.6 is 24.2 Å². The molecule has 1 aromatic rings. The summed E-state index contributed by atoms with van der Waals surface area (Å²) in [5.74, 6) is -1.05. The lowest BCUT2D eigenvalue weighted by Crippen LogP contribution is -2.46. The average Bonchev–Trinajstić information content (AvgIpc) is 2.67. The molecule has 7 heteroatoms. The SMILES string of the molecule is COC1N(C(C(=O)O)c2ccccc2Cl)CCC1(O)S. The Hall–Kier alpha value is -0.790. The number of carboxylic acid groups (broad SMARTS) is 1. The number of halogens is 1. The Balaban J connectivity index is 2.40. The van der Waals surface area contributed by atoms with Gasteiger partial charge in [0.2, 0.25) is 0 Å². The zero-order valence-electron chi connectivity index (χ0n) is 10.9. The van der Waals surface area contributed by atoms with E-state index in [4.69, 9.17) is 16.3 Å². The van der Waals surface area contributed by atoms with E-state index in [1.54, 1.807) is 29.2 Å². The van der Waals surface area contributed by atoms with Crippen LogP contribution in [0.1, 0.15) is 18.0 Å². The summed E-state index contributed by atoms with van der Waals surface area (Å²) in [6.45, 7) is 0.348. The summed E-state index contributed by atoms with van der Waals surface area (Å²) < 4.78 is 5.22. The van der Waals surface area contributed by atoms with Crippen molar-refractivity contribution in [1.82, 2.24) is 4.90 Å². The van der Waals surface area contributed by atoms with E-state index < -0.39 is 23.2 Å². The molecule has 1 fully saturated rings. The molecular formula is C13H16ClNO4S.